The van der Waals surface area contributed by atoms with Crippen molar-refractivity contribution in [1.82, 2.24) is 5.32 Å². The number of allylic oxidation sites excluding steroid dienone is 23. The number of ether oxygens (including phenoxy) is 1. The number of rotatable bonds is 62. The topological polar surface area (TPSA) is 114 Å². The summed E-state index contributed by atoms with van der Waals surface area (Å²) in [6.45, 7) is 6.59. The third-order valence-electron chi connectivity index (χ3n) is 14.8. The first-order valence-electron chi connectivity index (χ1n) is 35.1. The second-order valence-electron chi connectivity index (χ2n) is 24.3. The molecule has 0 rings (SSSR count). The Labute approximate surface area is 536 Å². The van der Waals surface area contributed by atoms with Crippen molar-refractivity contribution >= 4 is 19.7 Å². The van der Waals surface area contributed by atoms with Crippen molar-refractivity contribution in [3.8, 4) is 0 Å². The van der Waals surface area contributed by atoms with E-state index in [0.717, 1.165) is 148 Å². The third-order valence-corrected chi connectivity index (χ3v) is 15.7. The first-order chi connectivity index (χ1) is 42.4. The van der Waals surface area contributed by atoms with Crippen molar-refractivity contribution in [3.05, 3.63) is 146 Å². The third kappa shape index (κ3) is 66.1. The van der Waals surface area contributed by atoms with Crippen LogP contribution < -0.4 is 10.2 Å². The molecule has 0 heterocycles. The van der Waals surface area contributed by atoms with Crippen LogP contribution in [-0.2, 0) is 27.9 Å². The van der Waals surface area contributed by atoms with E-state index >= 15 is 0 Å². The number of amides is 1. The lowest BCUT2D eigenvalue weighted by molar-refractivity contribution is -0.870. The highest BCUT2D eigenvalue weighted by Crippen LogP contribution is 2.38. The Balaban J connectivity index is 5.22. The van der Waals surface area contributed by atoms with E-state index in [0.29, 0.717) is 23.9 Å². The van der Waals surface area contributed by atoms with Crippen LogP contribution >= 0.6 is 7.82 Å². The number of unbranched alkanes of at least 4 members (excludes halogenated alkanes) is 24. The number of quaternary nitrogens is 1. The van der Waals surface area contributed by atoms with Gasteiger partial charge in [0, 0.05) is 12.8 Å². The maximum atomic E-state index is 13.6. The molecule has 0 saturated carbocycles. The van der Waals surface area contributed by atoms with Gasteiger partial charge in [0.2, 0.25) is 5.91 Å². The second-order valence-corrected chi connectivity index (χ2v) is 25.7. The van der Waals surface area contributed by atoms with Crippen LogP contribution in [0.25, 0.3) is 0 Å². The van der Waals surface area contributed by atoms with Gasteiger partial charge in [-0.1, -0.05) is 283 Å². The van der Waals surface area contributed by atoms with Crippen LogP contribution in [0.15, 0.2) is 146 Å². The summed E-state index contributed by atoms with van der Waals surface area (Å²) in [7, 11) is 1.15. The highest BCUT2D eigenvalue weighted by atomic mass is 31.2. The number of phosphoric ester groups is 1. The summed E-state index contributed by atoms with van der Waals surface area (Å²) in [5.74, 6) is -0.583. The standard InChI is InChI=1S/C77H131N2O7P/c1-7-10-13-16-19-22-25-28-30-32-34-36-38-39-41-42-44-46-48-51-54-57-60-63-66-69-76(80)78-74(73-85-87(82,83)84-72-71-79(4,5)6)75(68-65-62-59-56-53-50-27-24-21-18-15-12-9-3)86-77(81)70-67-64-61-58-55-52-49-47-45-43-40-37-35-33-31-29-26-23-20-17-14-11-8-2/h10-11,13-14,19-20,22-23,28-31,34-37,39,41,43,45,49,52,65,68,74-75H,7-9,12,15-18,21,24-27,32-33,38,40,42,44,46-48,50-51,53-64,66-67,69-73H2,1-6H3,(H-,78,80,82,83)/b13-10-,14-11-,22-19-,23-20-,30-28-,31-29-,36-34-,37-35-,41-39-,45-43-,52-49-,68-65+. The number of nitrogens with zero attached hydrogens (tertiary/aromatic N) is 1. The first-order valence-corrected chi connectivity index (χ1v) is 36.6. The first kappa shape index (κ1) is 82.9. The van der Waals surface area contributed by atoms with Gasteiger partial charge in [0.15, 0.2) is 0 Å². The molecule has 0 aromatic heterocycles. The molecule has 9 nitrogen and oxygen atoms in total. The molecule has 496 valence electrons. The van der Waals surface area contributed by atoms with E-state index < -0.39 is 26.6 Å². The average Bonchev–Trinajstić information content (AvgIpc) is 3.70. The molecule has 0 aliphatic rings. The van der Waals surface area contributed by atoms with E-state index in [-0.39, 0.29) is 24.9 Å². The number of esters is 1. The normalized spacial score (nSPS) is 14.4. The summed E-state index contributed by atoms with van der Waals surface area (Å²) in [6.07, 6.45) is 93.9. The second kappa shape index (κ2) is 64.9. The van der Waals surface area contributed by atoms with Gasteiger partial charge in [-0.3, -0.25) is 14.2 Å². The Morgan fingerprint density at radius 2 is 0.736 bits per heavy atom. The van der Waals surface area contributed by atoms with E-state index in [2.05, 4.69) is 160 Å². The van der Waals surface area contributed by atoms with E-state index in [1.165, 1.54) is 89.9 Å². The van der Waals surface area contributed by atoms with Gasteiger partial charge in [-0.2, -0.15) is 0 Å². The molecule has 0 fully saturated rings. The predicted molar refractivity (Wildman–Crippen MR) is 376 cm³/mol. The van der Waals surface area contributed by atoms with Gasteiger partial charge in [-0.15, -0.1) is 0 Å². The van der Waals surface area contributed by atoms with Crippen LogP contribution in [0.5, 0.6) is 0 Å². The Bertz CT molecular complexity index is 2000. The van der Waals surface area contributed by atoms with Crippen molar-refractivity contribution in [2.24, 2.45) is 0 Å². The lowest BCUT2D eigenvalue weighted by Crippen LogP contribution is -2.47. The van der Waals surface area contributed by atoms with Crippen molar-refractivity contribution in [2.45, 2.75) is 290 Å². The number of carbonyl (C=O) groups excluding carboxylic acids is 2. The molecule has 0 spiro atoms. The minimum absolute atomic E-state index is 0.0359. The quantitative estimate of drug-likeness (QED) is 0.0212. The fraction of sp³-hybridized carbons (Fsp3) is 0.662. The highest BCUT2D eigenvalue weighted by molar-refractivity contribution is 7.45. The molecular formula is C77H131N2O7P. The van der Waals surface area contributed by atoms with Gasteiger partial charge in [-0.05, 0) is 128 Å². The molecule has 1 N–H and O–H groups in total. The molecule has 0 aromatic rings. The van der Waals surface area contributed by atoms with Crippen molar-refractivity contribution in [3.63, 3.8) is 0 Å². The minimum atomic E-state index is -4.72. The van der Waals surface area contributed by atoms with E-state index in [4.69, 9.17) is 13.8 Å². The van der Waals surface area contributed by atoms with E-state index in [9.17, 15) is 19.0 Å². The smallest absolute Gasteiger partial charge is 0.306 e. The number of hydrogen-bond acceptors (Lipinski definition) is 7. The van der Waals surface area contributed by atoms with Crippen LogP contribution in [0.3, 0.4) is 0 Å². The molecule has 3 atom stereocenters. The summed E-state index contributed by atoms with van der Waals surface area (Å²) in [5.41, 5.74) is 0. The minimum Gasteiger partial charge on any atom is -0.756 e. The average molecular weight is 1230 g/mol. The van der Waals surface area contributed by atoms with E-state index in [1.54, 1.807) is 0 Å². The highest BCUT2D eigenvalue weighted by Gasteiger charge is 2.27. The summed E-state index contributed by atoms with van der Waals surface area (Å²) >= 11 is 0. The van der Waals surface area contributed by atoms with Gasteiger partial charge >= 0.3 is 5.97 Å². The zero-order chi connectivity index (χ0) is 63.5. The van der Waals surface area contributed by atoms with Gasteiger partial charge < -0.3 is 28.5 Å². The van der Waals surface area contributed by atoms with Crippen LogP contribution in [0.2, 0.25) is 0 Å². The van der Waals surface area contributed by atoms with Gasteiger partial charge in [-0.25, -0.2) is 0 Å². The van der Waals surface area contributed by atoms with Crippen molar-refractivity contribution < 1.29 is 37.3 Å². The number of likely N-dealkylation sites (N-methyl/N-ethyl adjacent to an activating group) is 1. The maximum absolute atomic E-state index is 13.6. The van der Waals surface area contributed by atoms with Crippen LogP contribution in [0, 0.1) is 0 Å². The molecule has 0 bridgehead atoms. The largest absolute Gasteiger partial charge is 0.756 e. The van der Waals surface area contributed by atoms with Crippen LogP contribution in [0.4, 0.5) is 0 Å². The molecular weight excluding hydrogens is 1100 g/mol. The zero-order valence-corrected chi connectivity index (χ0v) is 57.6. The summed E-state index contributed by atoms with van der Waals surface area (Å²) in [5, 5.41) is 3.03. The molecule has 1 amide bonds. The van der Waals surface area contributed by atoms with Crippen LogP contribution in [-0.4, -0.2) is 69.4 Å². The van der Waals surface area contributed by atoms with Crippen molar-refractivity contribution in [1.29, 1.82) is 0 Å². The van der Waals surface area contributed by atoms with Gasteiger partial charge in [0.25, 0.3) is 7.82 Å². The molecule has 0 aliphatic carbocycles. The monoisotopic (exact) mass is 1230 g/mol. The fourth-order valence-electron chi connectivity index (χ4n) is 9.43. The summed E-state index contributed by atoms with van der Waals surface area (Å²) in [6, 6.07) is -0.915. The molecule has 0 saturated heterocycles. The Morgan fingerprint density at radius 1 is 0.414 bits per heavy atom. The molecule has 87 heavy (non-hydrogen) atoms. The van der Waals surface area contributed by atoms with Gasteiger partial charge in [0.1, 0.15) is 19.3 Å². The molecule has 0 aromatic carbocycles. The molecule has 3 unspecified atom stereocenters. The Morgan fingerprint density at radius 3 is 1.10 bits per heavy atom. The van der Waals surface area contributed by atoms with E-state index in [1.807, 2.05) is 33.3 Å². The molecule has 0 radical (unpaired) electrons. The van der Waals surface area contributed by atoms with Crippen LogP contribution in [0.1, 0.15) is 278 Å². The molecule has 10 heteroatoms. The maximum Gasteiger partial charge on any atom is 0.306 e. The number of hydrogen-bond donors (Lipinski definition) is 1. The van der Waals surface area contributed by atoms with Gasteiger partial charge in [0.05, 0.1) is 33.8 Å². The SMILES string of the molecule is CC/C=C\C/C=C\C/C=C\C/C=C\C/C=C\C/C=C\CCCCCCC(=O)OC(/C=C/CCCCCCCCCCCCC)C(COP(=O)([O-])OCC[N+](C)(C)C)NC(=O)CCCCCCCCCCC/C=C\C/C=C\C/C=C\C/C=C\C/C=C\CC. The number of nitrogens with one attached hydrogen (secondary N) is 1. The summed E-state index contributed by atoms with van der Waals surface area (Å²) in [4.78, 5) is 40.2. The number of carbonyl (C=O) groups is 2. The fourth-order valence-corrected chi connectivity index (χ4v) is 10.2. The molecule has 0 aliphatic heterocycles. The lowest BCUT2D eigenvalue weighted by atomic mass is 10.0. The summed E-state index contributed by atoms with van der Waals surface area (Å²) < 4.78 is 30.4. The number of phosphoric acid groups is 1. The predicted octanol–water partition coefficient (Wildman–Crippen LogP) is 21.9. The Kier molecular flexibility index (Phi) is 61.8. The Hall–Kier alpha value is -4.11. The lowest BCUT2D eigenvalue weighted by Gasteiger charge is -2.30. The zero-order valence-electron chi connectivity index (χ0n) is 56.7. The van der Waals surface area contributed by atoms with Crippen molar-refractivity contribution in [2.75, 3.05) is 40.9 Å².